The van der Waals surface area contributed by atoms with Crippen LogP contribution < -0.4 is 10.6 Å². The summed E-state index contributed by atoms with van der Waals surface area (Å²) in [6, 6.07) is 7.04. The second-order valence-electron chi connectivity index (χ2n) is 10.3. The summed E-state index contributed by atoms with van der Waals surface area (Å²) < 4.78 is 0. The van der Waals surface area contributed by atoms with E-state index in [1.807, 2.05) is 12.1 Å². The number of amides is 2. The van der Waals surface area contributed by atoms with Crippen molar-refractivity contribution >= 4 is 6.03 Å². The van der Waals surface area contributed by atoms with Gasteiger partial charge >= 0.3 is 6.03 Å². The highest BCUT2D eigenvalue weighted by Gasteiger charge is 2.00. The number of phenolic OH excluding ortho intramolecular Hbond substituents is 1. The van der Waals surface area contributed by atoms with Crippen molar-refractivity contribution < 1.29 is 9.90 Å². The van der Waals surface area contributed by atoms with E-state index >= 15 is 0 Å². The van der Waals surface area contributed by atoms with Crippen LogP contribution in [0.4, 0.5) is 4.79 Å². The fraction of sp³-hybridized carbons (Fsp3) is 0.774. The molecule has 0 heterocycles. The van der Waals surface area contributed by atoms with E-state index < -0.39 is 0 Å². The summed E-state index contributed by atoms with van der Waals surface area (Å²) in [7, 11) is 0. The first-order valence-corrected chi connectivity index (χ1v) is 15.0. The molecule has 4 nitrogen and oxygen atoms in total. The number of carbonyl (C=O) groups is 1. The Morgan fingerprint density at radius 1 is 0.571 bits per heavy atom. The number of urea groups is 1. The molecular formula is C31H56N2O2. The van der Waals surface area contributed by atoms with Crippen molar-refractivity contribution in [2.24, 2.45) is 0 Å². The third kappa shape index (κ3) is 21.3. The Hall–Kier alpha value is -1.71. The molecule has 0 spiro atoms. The monoisotopic (exact) mass is 488 g/mol. The molecule has 35 heavy (non-hydrogen) atoms. The highest BCUT2D eigenvalue weighted by molar-refractivity contribution is 5.73. The number of aromatic hydroxyl groups is 1. The molecule has 1 aromatic carbocycles. The Bertz CT molecular complexity index is 588. The molecule has 0 fully saturated rings. The Morgan fingerprint density at radius 3 is 1.37 bits per heavy atom. The van der Waals surface area contributed by atoms with Crippen LogP contribution in [0, 0.1) is 0 Å². The van der Waals surface area contributed by atoms with Crippen LogP contribution in [0.25, 0.3) is 0 Å². The minimum atomic E-state index is -0.0819. The number of phenols is 1. The Kier molecular flexibility index (Phi) is 21.5. The normalized spacial score (nSPS) is 11.0. The molecule has 202 valence electrons. The van der Waals surface area contributed by atoms with Gasteiger partial charge in [0.2, 0.25) is 0 Å². The van der Waals surface area contributed by atoms with Gasteiger partial charge in [0.25, 0.3) is 0 Å². The number of carbonyl (C=O) groups excluding carboxylic acids is 1. The average molecular weight is 489 g/mol. The summed E-state index contributed by atoms with van der Waals surface area (Å²) >= 11 is 0. The predicted octanol–water partition coefficient (Wildman–Crippen LogP) is 9.06. The largest absolute Gasteiger partial charge is 0.508 e. The summed E-state index contributed by atoms with van der Waals surface area (Å²) in [5.74, 6) is 0.272. The van der Waals surface area contributed by atoms with Crippen LogP contribution in [-0.2, 0) is 6.42 Å². The lowest BCUT2D eigenvalue weighted by Crippen LogP contribution is -2.37. The number of benzene rings is 1. The van der Waals surface area contributed by atoms with E-state index in [4.69, 9.17) is 0 Å². The zero-order chi connectivity index (χ0) is 25.2. The van der Waals surface area contributed by atoms with E-state index in [1.165, 1.54) is 122 Å². The lowest BCUT2D eigenvalue weighted by atomic mass is 10.0. The first-order chi connectivity index (χ1) is 17.2. The SMILES string of the molecule is CCCCCCCCCCCCCCCCCCCCCCNC(=O)NCCc1ccc(O)cc1. The molecular weight excluding hydrogens is 432 g/mol. The number of rotatable bonds is 24. The van der Waals surface area contributed by atoms with Crippen LogP contribution in [0.3, 0.4) is 0 Å². The first-order valence-electron chi connectivity index (χ1n) is 15.0. The second kappa shape index (κ2) is 24.0. The minimum absolute atomic E-state index is 0.0819. The van der Waals surface area contributed by atoms with Gasteiger partial charge in [0.1, 0.15) is 5.75 Å². The zero-order valence-electron chi connectivity index (χ0n) is 22.9. The van der Waals surface area contributed by atoms with E-state index in [9.17, 15) is 9.90 Å². The molecule has 0 atom stereocenters. The fourth-order valence-electron chi connectivity index (χ4n) is 4.63. The van der Waals surface area contributed by atoms with Crippen molar-refractivity contribution in [1.82, 2.24) is 10.6 Å². The van der Waals surface area contributed by atoms with Gasteiger partial charge in [-0.05, 0) is 30.5 Å². The van der Waals surface area contributed by atoms with Crippen molar-refractivity contribution in [2.45, 2.75) is 142 Å². The highest BCUT2D eigenvalue weighted by Crippen LogP contribution is 2.15. The summed E-state index contributed by atoms with van der Waals surface area (Å²) in [5, 5.41) is 15.1. The van der Waals surface area contributed by atoms with Gasteiger partial charge in [0, 0.05) is 13.1 Å². The molecule has 2 amide bonds. The molecule has 0 radical (unpaired) electrons. The molecule has 0 unspecified atom stereocenters. The van der Waals surface area contributed by atoms with Crippen LogP contribution in [0.5, 0.6) is 5.75 Å². The topological polar surface area (TPSA) is 61.4 Å². The van der Waals surface area contributed by atoms with Crippen molar-refractivity contribution in [3.8, 4) is 5.75 Å². The molecule has 0 aliphatic rings. The maximum absolute atomic E-state index is 11.8. The maximum Gasteiger partial charge on any atom is 0.314 e. The number of nitrogens with one attached hydrogen (secondary N) is 2. The van der Waals surface area contributed by atoms with E-state index in [0.29, 0.717) is 6.54 Å². The predicted molar refractivity (Wildman–Crippen MR) is 151 cm³/mol. The first kappa shape index (κ1) is 31.3. The van der Waals surface area contributed by atoms with Gasteiger partial charge in [0.05, 0.1) is 0 Å². The van der Waals surface area contributed by atoms with Crippen molar-refractivity contribution in [1.29, 1.82) is 0 Å². The van der Waals surface area contributed by atoms with Crippen LogP contribution in [0.15, 0.2) is 24.3 Å². The summed E-state index contributed by atoms with van der Waals surface area (Å²) in [4.78, 5) is 11.8. The van der Waals surface area contributed by atoms with Gasteiger partial charge in [-0.15, -0.1) is 0 Å². The quantitative estimate of drug-likeness (QED) is 0.127. The summed E-state index contributed by atoms with van der Waals surface area (Å²) in [6.07, 6.45) is 28.5. The van der Waals surface area contributed by atoms with Gasteiger partial charge in [-0.3, -0.25) is 0 Å². The lowest BCUT2D eigenvalue weighted by molar-refractivity contribution is 0.241. The molecule has 0 aromatic heterocycles. The average Bonchev–Trinajstić information content (AvgIpc) is 2.86. The summed E-state index contributed by atoms with van der Waals surface area (Å²) in [5.41, 5.74) is 1.11. The van der Waals surface area contributed by atoms with Gasteiger partial charge < -0.3 is 15.7 Å². The standard InChI is InChI=1S/C31H56N2O2/c1-2-3-4-5-6-7-8-9-10-11-12-13-14-15-16-17-18-19-20-21-27-32-31(35)33-28-26-29-22-24-30(34)25-23-29/h22-25,34H,2-21,26-28H2,1H3,(H2,32,33,35). The third-order valence-electron chi connectivity index (χ3n) is 6.95. The molecule has 0 saturated carbocycles. The molecule has 0 bridgehead atoms. The lowest BCUT2D eigenvalue weighted by Gasteiger charge is -2.08. The second-order valence-corrected chi connectivity index (χ2v) is 10.3. The Morgan fingerprint density at radius 2 is 0.943 bits per heavy atom. The van der Waals surface area contributed by atoms with E-state index in [0.717, 1.165) is 24.9 Å². The minimum Gasteiger partial charge on any atom is -0.508 e. The zero-order valence-corrected chi connectivity index (χ0v) is 22.9. The number of hydrogen-bond acceptors (Lipinski definition) is 2. The van der Waals surface area contributed by atoms with E-state index in [-0.39, 0.29) is 11.8 Å². The molecule has 0 saturated heterocycles. The van der Waals surface area contributed by atoms with Gasteiger partial charge in [-0.2, -0.15) is 0 Å². The smallest absolute Gasteiger partial charge is 0.314 e. The number of hydrogen-bond donors (Lipinski definition) is 3. The van der Waals surface area contributed by atoms with E-state index in [2.05, 4.69) is 17.6 Å². The Balaban J connectivity index is 1.72. The molecule has 4 heteroatoms. The van der Waals surface area contributed by atoms with Crippen molar-refractivity contribution in [3.05, 3.63) is 29.8 Å². The van der Waals surface area contributed by atoms with Crippen LogP contribution in [-0.4, -0.2) is 24.2 Å². The van der Waals surface area contributed by atoms with E-state index in [1.54, 1.807) is 12.1 Å². The molecule has 3 N–H and O–H groups in total. The molecule has 1 aromatic rings. The van der Waals surface area contributed by atoms with Gasteiger partial charge in [0.15, 0.2) is 0 Å². The maximum atomic E-state index is 11.8. The van der Waals surface area contributed by atoms with Crippen molar-refractivity contribution in [3.63, 3.8) is 0 Å². The number of unbranched alkanes of at least 4 members (excludes halogenated alkanes) is 19. The van der Waals surface area contributed by atoms with Gasteiger partial charge in [-0.25, -0.2) is 4.79 Å². The van der Waals surface area contributed by atoms with Crippen LogP contribution in [0.2, 0.25) is 0 Å². The van der Waals surface area contributed by atoms with Crippen molar-refractivity contribution in [2.75, 3.05) is 13.1 Å². The Labute approximate surface area is 217 Å². The van der Waals surface area contributed by atoms with Crippen LogP contribution in [0.1, 0.15) is 141 Å². The highest BCUT2D eigenvalue weighted by atomic mass is 16.3. The summed E-state index contributed by atoms with van der Waals surface area (Å²) in [6.45, 7) is 3.65. The molecule has 0 aliphatic carbocycles. The third-order valence-corrected chi connectivity index (χ3v) is 6.95. The molecule has 0 aliphatic heterocycles. The van der Waals surface area contributed by atoms with Crippen LogP contribution >= 0.6 is 0 Å². The fourth-order valence-corrected chi connectivity index (χ4v) is 4.63. The van der Waals surface area contributed by atoms with Gasteiger partial charge in [-0.1, -0.05) is 141 Å². The molecule has 1 rings (SSSR count).